The molecule has 4 rings (SSSR count). The quantitative estimate of drug-likeness (QED) is 0.565. The van der Waals surface area contributed by atoms with Crippen LogP contribution in [0.4, 0.5) is 5.13 Å². The maximum absolute atomic E-state index is 13.1. The van der Waals surface area contributed by atoms with Crippen LogP contribution in [0.2, 0.25) is 0 Å². The molecule has 0 spiro atoms. The van der Waals surface area contributed by atoms with Gasteiger partial charge in [0.25, 0.3) is 5.91 Å². The van der Waals surface area contributed by atoms with Gasteiger partial charge < -0.3 is 4.74 Å². The summed E-state index contributed by atoms with van der Waals surface area (Å²) >= 11 is 1.58. The molecule has 1 aliphatic heterocycles. The van der Waals surface area contributed by atoms with E-state index in [0.29, 0.717) is 6.54 Å². The number of aryl methyl sites for hydroxylation is 2. The number of rotatable bonds is 5. The third-order valence-electron chi connectivity index (χ3n) is 4.93. The highest BCUT2D eigenvalue weighted by Crippen LogP contribution is 2.33. The third-order valence-corrected chi connectivity index (χ3v) is 6.16. The number of hydrogen-bond donors (Lipinski definition) is 0. The van der Waals surface area contributed by atoms with Crippen LogP contribution in [0, 0.1) is 13.8 Å². The van der Waals surface area contributed by atoms with Crippen LogP contribution in [0.3, 0.4) is 0 Å². The predicted molar refractivity (Wildman–Crippen MR) is 116 cm³/mol. The van der Waals surface area contributed by atoms with Crippen molar-refractivity contribution in [3.8, 4) is 0 Å². The maximum Gasteiger partial charge on any atom is 0.252 e. The number of hydrogen-bond acceptors (Lipinski definition) is 4. The Morgan fingerprint density at radius 3 is 2.86 bits per heavy atom. The molecule has 0 bridgehead atoms. The molecule has 0 saturated carbocycles. The van der Waals surface area contributed by atoms with E-state index in [0.717, 1.165) is 40.4 Å². The average molecular weight is 393 g/mol. The van der Waals surface area contributed by atoms with Crippen LogP contribution >= 0.6 is 11.3 Å². The van der Waals surface area contributed by atoms with Crippen molar-refractivity contribution in [3.05, 3.63) is 65.2 Å². The number of benzene rings is 2. The van der Waals surface area contributed by atoms with Gasteiger partial charge in [-0.15, -0.1) is 0 Å². The van der Waals surface area contributed by atoms with Crippen molar-refractivity contribution in [1.29, 1.82) is 0 Å². The van der Waals surface area contributed by atoms with Gasteiger partial charge in [0.2, 0.25) is 0 Å². The Hall–Kier alpha value is -2.50. The summed E-state index contributed by atoms with van der Waals surface area (Å²) in [4.78, 5) is 19.6. The van der Waals surface area contributed by atoms with E-state index in [4.69, 9.17) is 9.72 Å². The fraction of sp³-hybridized carbons (Fsp3) is 0.304. The molecule has 1 amide bonds. The van der Waals surface area contributed by atoms with Gasteiger partial charge in [-0.1, -0.05) is 47.7 Å². The molecule has 1 aliphatic rings. The molecule has 3 aromatic rings. The van der Waals surface area contributed by atoms with E-state index in [1.54, 1.807) is 22.3 Å². The van der Waals surface area contributed by atoms with Crippen molar-refractivity contribution in [2.45, 2.75) is 32.8 Å². The summed E-state index contributed by atoms with van der Waals surface area (Å²) in [5.41, 5.74) is 4.34. The highest BCUT2D eigenvalue weighted by atomic mass is 32.1. The second-order valence-corrected chi connectivity index (χ2v) is 8.23. The highest BCUT2D eigenvalue weighted by molar-refractivity contribution is 7.22. The number of nitrogens with zero attached hydrogens (tertiary/aromatic N) is 2. The Morgan fingerprint density at radius 2 is 2.11 bits per heavy atom. The lowest BCUT2D eigenvalue weighted by atomic mass is 10.1. The SMILES string of the molecule is Cc1cc(C)c2sc(N(CC3CCCO3)C(=O)/C=C/c3ccccc3)nc2c1. The number of anilines is 1. The van der Waals surface area contributed by atoms with Crippen LogP contribution in [0.25, 0.3) is 16.3 Å². The summed E-state index contributed by atoms with van der Waals surface area (Å²) in [6.07, 6.45) is 5.59. The fourth-order valence-corrected chi connectivity index (χ4v) is 4.59. The standard InChI is InChI=1S/C23H24N2O2S/c1-16-13-17(2)22-20(14-16)24-23(28-22)25(15-19-9-6-12-27-19)21(26)11-10-18-7-4-3-5-8-18/h3-5,7-8,10-11,13-14,19H,6,9,12,15H2,1-2H3/b11-10+. The van der Waals surface area contributed by atoms with E-state index in [1.165, 1.54) is 11.1 Å². The zero-order valence-corrected chi connectivity index (χ0v) is 17.0. The number of carbonyl (C=O) groups excluding carboxylic acids is 1. The minimum atomic E-state index is -0.0622. The second kappa shape index (κ2) is 8.25. The van der Waals surface area contributed by atoms with Crippen LogP contribution in [-0.4, -0.2) is 30.1 Å². The summed E-state index contributed by atoms with van der Waals surface area (Å²) in [6, 6.07) is 14.1. The Bertz CT molecular complexity index is 1000. The summed E-state index contributed by atoms with van der Waals surface area (Å²) in [5.74, 6) is -0.0622. The molecule has 5 heteroatoms. The Labute approximate surface area is 169 Å². The van der Waals surface area contributed by atoms with Gasteiger partial charge in [0.1, 0.15) is 0 Å². The van der Waals surface area contributed by atoms with Gasteiger partial charge >= 0.3 is 0 Å². The Kier molecular flexibility index (Phi) is 5.55. The van der Waals surface area contributed by atoms with Crippen molar-refractivity contribution < 1.29 is 9.53 Å². The monoisotopic (exact) mass is 392 g/mol. The first kappa shape index (κ1) is 18.8. The van der Waals surface area contributed by atoms with Gasteiger partial charge in [0.05, 0.1) is 22.9 Å². The lowest BCUT2D eigenvalue weighted by molar-refractivity contribution is -0.114. The second-order valence-electron chi connectivity index (χ2n) is 7.25. The molecule has 144 valence electrons. The minimum absolute atomic E-state index is 0.0622. The number of thiazole rings is 1. The number of amides is 1. The Morgan fingerprint density at radius 1 is 1.29 bits per heavy atom. The first-order valence-electron chi connectivity index (χ1n) is 9.64. The summed E-state index contributed by atoms with van der Waals surface area (Å²) < 4.78 is 6.93. The fourth-order valence-electron chi connectivity index (χ4n) is 3.56. The smallest absolute Gasteiger partial charge is 0.252 e. The molecule has 1 unspecified atom stereocenters. The van der Waals surface area contributed by atoms with Gasteiger partial charge in [0, 0.05) is 12.7 Å². The molecule has 4 nitrogen and oxygen atoms in total. The molecule has 1 atom stereocenters. The number of ether oxygens (including phenoxy) is 1. The predicted octanol–water partition coefficient (Wildman–Crippen LogP) is 5.14. The van der Waals surface area contributed by atoms with Crippen LogP contribution in [0.5, 0.6) is 0 Å². The normalized spacial score (nSPS) is 16.9. The third kappa shape index (κ3) is 4.16. The topological polar surface area (TPSA) is 42.4 Å². The molecule has 1 fully saturated rings. The van der Waals surface area contributed by atoms with E-state index >= 15 is 0 Å². The van der Waals surface area contributed by atoms with Crippen molar-refractivity contribution in [1.82, 2.24) is 4.98 Å². The van der Waals surface area contributed by atoms with Gasteiger partial charge in [-0.25, -0.2) is 4.98 Å². The molecule has 28 heavy (non-hydrogen) atoms. The average Bonchev–Trinajstić information content (AvgIpc) is 3.34. The van der Waals surface area contributed by atoms with Gasteiger partial charge in [-0.2, -0.15) is 0 Å². The summed E-state index contributed by atoms with van der Waals surface area (Å²) in [7, 11) is 0. The molecular weight excluding hydrogens is 368 g/mol. The molecule has 1 saturated heterocycles. The van der Waals surface area contributed by atoms with Gasteiger partial charge in [-0.05, 0) is 55.5 Å². The molecule has 0 radical (unpaired) electrons. The van der Waals surface area contributed by atoms with Gasteiger partial charge in [-0.3, -0.25) is 9.69 Å². The number of fused-ring (bicyclic) bond motifs is 1. The van der Waals surface area contributed by atoms with E-state index in [-0.39, 0.29) is 12.0 Å². The Balaban J connectivity index is 1.65. The van der Waals surface area contributed by atoms with Crippen LogP contribution in [0.1, 0.15) is 29.5 Å². The van der Waals surface area contributed by atoms with Crippen LogP contribution in [-0.2, 0) is 9.53 Å². The molecule has 0 N–H and O–H groups in total. The lowest BCUT2D eigenvalue weighted by Crippen LogP contribution is -2.36. The first-order chi connectivity index (χ1) is 13.6. The molecule has 0 aliphatic carbocycles. The van der Waals surface area contributed by atoms with E-state index < -0.39 is 0 Å². The molecule has 2 aromatic carbocycles. The number of aromatic nitrogens is 1. The first-order valence-corrected chi connectivity index (χ1v) is 10.5. The largest absolute Gasteiger partial charge is 0.376 e. The zero-order chi connectivity index (χ0) is 19.5. The molecule has 2 heterocycles. The van der Waals surface area contributed by atoms with E-state index in [1.807, 2.05) is 36.4 Å². The lowest BCUT2D eigenvalue weighted by Gasteiger charge is -2.21. The molecular formula is C23H24N2O2S. The van der Waals surface area contributed by atoms with Crippen molar-refractivity contribution >= 4 is 38.7 Å². The summed E-state index contributed by atoms with van der Waals surface area (Å²) in [6.45, 7) is 5.47. The van der Waals surface area contributed by atoms with Crippen molar-refractivity contribution in [2.24, 2.45) is 0 Å². The van der Waals surface area contributed by atoms with Crippen molar-refractivity contribution in [3.63, 3.8) is 0 Å². The van der Waals surface area contributed by atoms with Gasteiger partial charge in [0.15, 0.2) is 5.13 Å². The maximum atomic E-state index is 13.1. The van der Waals surface area contributed by atoms with E-state index in [9.17, 15) is 4.79 Å². The summed E-state index contributed by atoms with van der Waals surface area (Å²) in [5, 5.41) is 0.738. The zero-order valence-electron chi connectivity index (χ0n) is 16.2. The van der Waals surface area contributed by atoms with E-state index in [2.05, 4.69) is 26.0 Å². The highest BCUT2D eigenvalue weighted by Gasteiger charge is 2.25. The minimum Gasteiger partial charge on any atom is -0.376 e. The molecule has 1 aromatic heterocycles. The van der Waals surface area contributed by atoms with Crippen LogP contribution < -0.4 is 4.90 Å². The number of carbonyl (C=O) groups is 1. The van der Waals surface area contributed by atoms with Crippen molar-refractivity contribution in [2.75, 3.05) is 18.1 Å². The van der Waals surface area contributed by atoms with Crippen LogP contribution in [0.15, 0.2) is 48.5 Å².